The number of nitrogens with two attached hydrogens (primary N) is 1. The Morgan fingerprint density at radius 3 is 2.50 bits per heavy atom. The van der Waals surface area contributed by atoms with Crippen molar-refractivity contribution in [3.63, 3.8) is 0 Å². The van der Waals surface area contributed by atoms with Gasteiger partial charge in [0, 0.05) is 17.0 Å². The van der Waals surface area contributed by atoms with Crippen molar-refractivity contribution < 1.29 is 9.90 Å². The average molecular weight is 290 g/mol. The molecule has 0 radical (unpaired) electrons. The molecule has 22 heavy (non-hydrogen) atoms. The summed E-state index contributed by atoms with van der Waals surface area (Å²) in [5.41, 5.74) is 7.42. The first-order chi connectivity index (χ1) is 10.7. The standard InChI is InChI=1S/C16H10N4O2/c17-16(22)12-14-13(8-3-1-2-4-9(8)15(12)21)19-10-5-6-18-7-11(10)20-14/h1-7,21H,(H2,17,22). The monoisotopic (exact) mass is 290 g/mol. The third-order valence-corrected chi connectivity index (χ3v) is 3.62. The van der Waals surface area contributed by atoms with Gasteiger partial charge in [-0.2, -0.15) is 0 Å². The number of carbonyl (C=O) groups is 1. The summed E-state index contributed by atoms with van der Waals surface area (Å²) in [6.07, 6.45) is 3.18. The summed E-state index contributed by atoms with van der Waals surface area (Å²) in [5.74, 6) is -0.918. The molecule has 0 atom stereocenters. The SMILES string of the molecule is NC(=O)c1c(O)c2ccccc2c2nc3ccncc3nc12. The van der Waals surface area contributed by atoms with E-state index in [9.17, 15) is 9.90 Å². The number of aromatic nitrogens is 3. The molecule has 0 aliphatic rings. The zero-order valence-electron chi connectivity index (χ0n) is 11.3. The van der Waals surface area contributed by atoms with Crippen LogP contribution in [0.4, 0.5) is 0 Å². The highest BCUT2D eigenvalue weighted by Gasteiger charge is 2.20. The largest absolute Gasteiger partial charge is 0.506 e. The van der Waals surface area contributed by atoms with Crippen molar-refractivity contribution in [3.05, 3.63) is 48.3 Å². The van der Waals surface area contributed by atoms with E-state index in [0.29, 0.717) is 27.3 Å². The predicted molar refractivity (Wildman–Crippen MR) is 82.5 cm³/mol. The van der Waals surface area contributed by atoms with Crippen LogP contribution in [0.5, 0.6) is 5.75 Å². The van der Waals surface area contributed by atoms with Crippen molar-refractivity contribution in [2.45, 2.75) is 0 Å². The predicted octanol–water partition coefficient (Wildman–Crippen LogP) is 2.14. The molecule has 106 valence electrons. The molecule has 0 unspecified atom stereocenters. The molecule has 0 aliphatic heterocycles. The maximum atomic E-state index is 11.8. The molecule has 4 aromatic rings. The Morgan fingerprint density at radius 2 is 1.73 bits per heavy atom. The normalized spacial score (nSPS) is 11.3. The first kappa shape index (κ1) is 12.5. The number of carbonyl (C=O) groups excluding carboxylic acids is 1. The molecule has 0 saturated carbocycles. The van der Waals surface area contributed by atoms with Gasteiger partial charge in [0.1, 0.15) is 22.3 Å². The molecule has 6 nitrogen and oxygen atoms in total. The molecule has 0 spiro atoms. The smallest absolute Gasteiger partial charge is 0.254 e. The Hall–Kier alpha value is -3.28. The van der Waals surface area contributed by atoms with Crippen LogP contribution in [0.2, 0.25) is 0 Å². The van der Waals surface area contributed by atoms with Gasteiger partial charge in [0.2, 0.25) is 0 Å². The highest BCUT2D eigenvalue weighted by atomic mass is 16.3. The highest BCUT2D eigenvalue weighted by molar-refractivity contribution is 6.18. The lowest BCUT2D eigenvalue weighted by Gasteiger charge is -2.10. The molecule has 2 aromatic carbocycles. The highest BCUT2D eigenvalue weighted by Crippen LogP contribution is 2.35. The van der Waals surface area contributed by atoms with Gasteiger partial charge in [0.15, 0.2) is 0 Å². The molecule has 3 N–H and O–H groups in total. The van der Waals surface area contributed by atoms with E-state index in [1.165, 1.54) is 0 Å². The number of hydrogen-bond donors (Lipinski definition) is 2. The van der Waals surface area contributed by atoms with Gasteiger partial charge < -0.3 is 10.8 Å². The summed E-state index contributed by atoms with van der Waals surface area (Å²) in [7, 11) is 0. The van der Waals surface area contributed by atoms with Crippen molar-refractivity contribution in [1.82, 2.24) is 15.0 Å². The molecule has 0 aliphatic carbocycles. The van der Waals surface area contributed by atoms with Crippen LogP contribution >= 0.6 is 0 Å². The fraction of sp³-hybridized carbons (Fsp3) is 0. The van der Waals surface area contributed by atoms with Crippen LogP contribution in [-0.4, -0.2) is 26.0 Å². The lowest BCUT2D eigenvalue weighted by molar-refractivity contribution is 0.0999. The summed E-state index contributed by atoms with van der Waals surface area (Å²) >= 11 is 0. The summed E-state index contributed by atoms with van der Waals surface area (Å²) < 4.78 is 0. The zero-order chi connectivity index (χ0) is 15.3. The quantitative estimate of drug-likeness (QED) is 0.413. The van der Waals surface area contributed by atoms with Crippen molar-refractivity contribution >= 4 is 38.7 Å². The summed E-state index contributed by atoms with van der Waals surface area (Å²) in [6, 6.07) is 8.90. The van der Waals surface area contributed by atoms with E-state index in [1.54, 1.807) is 30.6 Å². The number of fused-ring (bicyclic) bond motifs is 4. The van der Waals surface area contributed by atoms with Crippen LogP contribution in [0.15, 0.2) is 42.7 Å². The minimum atomic E-state index is -0.745. The second-order valence-corrected chi connectivity index (χ2v) is 4.92. The summed E-state index contributed by atoms with van der Waals surface area (Å²) in [5, 5.41) is 11.6. The molecular weight excluding hydrogens is 280 g/mol. The van der Waals surface area contributed by atoms with E-state index >= 15 is 0 Å². The molecule has 0 saturated heterocycles. The zero-order valence-corrected chi connectivity index (χ0v) is 11.3. The third-order valence-electron chi connectivity index (χ3n) is 3.62. The number of nitrogens with zero attached hydrogens (tertiary/aromatic N) is 3. The van der Waals surface area contributed by atoms with Gasteiger partial charge in [-0.3, -0.25) is 9.78 Å². The van der Waals surface area contributed by atoms with Crippen LogP contribution in [0.3, 0.4) is 0 Å². The van der Waals surface area contributed by atoms with Crippen molar-refractivity contribution in [2.24, 2.45) is 5.73 Å². The lowest BCUT2D eigenvalue weighted by atomic mass is 10.0. The Morgan fingerprint density at radius 1 is 1.00 bits per heavy atom. The van der Waals surface area contributed by atoms with E-state index in [2.05, 4.69) is 15.0 Å². The number of phenols is 1. The van der Waals surface area contributed by atoms with E-state index in [-0.39, 0.29) is 16.8 Å². The van der Waals surface area contributed by atoms with Crippen molar-refractivity contribution in [1.29, 1.82) is 0 Å². The van der Waals surface area contributed by atoms with Gasteiger partial charge in [-0.1, -0.05) is 24.3 Å². The van der Waals surface area contributed by atoms with Gasteiger partial charge in [-0.05, 0) is 6.07 Å². The average Bonchev–Trinajstić information content (AvgIpc) is 2.53. The topological polar surface area (TPSA) is 102 Å². The van der Waals surface area contributed by atoms with Crippen LogP contribution in [0, 0.1) is 0 Å². The van der Waals surface area contributed by atoms with E-state index in [4.69, 9.17) is 5.73 Å². The molecule has 2 heterocycles. The van der Waals surface area contributed by atoms with Crippen LogP contribution in [0.1, 0.15) is 10.4 Å². The summed E-state index contributed by atoms with van der Waals surface area (Å²) in [4.78, 5) is 24.8. The fourth-order valence-corrected chi connectivity index (χ4v) is 2.64. The molecular formula is C16H10N4O2. The van der Waals surface area contributed by atoms with E-state index in [0.717, 1.165) is 0 Å². The Balaban J connectivity index is 2.35. The number of rotatable bonds is 1. The molecule has 0 fully saturated rings. The number of primary amides is 1. The number of aromatic hydroxyl groups is 1. The number of pyridine rings is 1. The minimum Gasteiger partial charge on any atom is -0.506 e. The number of amides is 1. The Labute approximate surface area is 124 Å². The van der Waals surface area contributed by atoms with Crippen LogP contribution in [-0.2, 0) is 0 Å². The van der Waals surface area contributed by atoms with E-state index < -0.39 is 5.91 Å². The maximum absolute atomic E-state index is 11.8. The van der Waals surface area contributed by atoms with Gasteiger partial charge in [0.25, 0.3) is 5.91 Å². The van der Waals surface area contributed by atoms with Gasteiger partial charge in [-0.15, -0.1) is 0 Å². The first-order valence-corrected chi connectivity index (χ1v) is 6.62. The lowest BCUT2D eigenvalue weighted by Crippen LogP contribution is -2.13. The third kappa shape index (κ3) is 1.61. The summed E-state index contributed by atoms with van der Waals surface area (Å²) in [6.45, 7) is 0. The molecule has 1 amide bonds. The first-order valence-electron chi connectivity index (χ1n) is 6.62. The molecule has 6 heteroatoms. The molecule has 4 rings (SSSR count). The maximum Gasteiger partial charge on any atom is 0.254 e. The van der Waals surface area contributed by atoms with Crippen LogP contribution < -0.4 is 5.73 Å². The fourth-order valence-electron chi connectivity index (χ4n) is 2.64. The van der Waals surface area contributed by atoms with Crippen molar-refractivity contribution in [2.75, 3.05) is 0 Å². The van der Waals surface area contributed by atoms with Crippen molar-refractivity contribution in [3.8, 4) is 5.75 Å². The van der Waals surface area contributed by atoms with E-state index in [1.807, 2.05) is 12.1 Å². The number of benzene rings is 2. The molecule has 0 bridgehead atoms. The molecule has 2 aromatic heterocycles. The Kier molecular flexibility index (Phi) is 2.47. The minimum absolute atomic E-state index is 0.0213. The second kappa shape index (κ2) is 4.36. The Bertz CT molecular complexity index is 1080. The van der Waals surface area contributed by atoms with Gasteiger partial charge in [0.05, 0.1) is 17.2 Å². The number of hydrogen-bond acceptors (Lipinski definition) is 5. The second-order valence-electron chi connectivity index (χ2n) is 4.92. The van der Waals surface area contributed by atoms with Gasteiger partial charge in [-0.25, -0.2) is 9.97 Å². The van der Waals surface area contributed by atoms with Gasteiger partial charge >= 0.3 is 0 Å². The van der Waals surface area contributed by atoms with Crippen LogP contribution in [0.25, 0.3) is 32.8 Å².